The van der Waals surface area contributed by atoms with Gasteiger partial charge in [-0.05, 0) is 40.9 Å². The fraction of sp³-hybridized carbons (Fsp3) is 0.167. The fourth-order valence-electron chi connectivity index (χ4n) is 1.59. The first-order valence-electron chi connectivity index (χ1n) is 5.74. The predicted molar refractivity (Wildman–Crippen MR) is 76.3 cm³/mol. The molecule has 0 saturated heterocycles. The molecule has 1 aromatic carbocycles. The predicted octanol–water partition coefficient (Wildman–Crippen LogP) is 2.18. The standard InChI is InChI=1S/C12H12N2O4S2/c15-14(16)11-1-3-12(4-2-11)20(17,18)13-7-5-10-6-8-19-9-10/h1-4,6,8-9,13H,5,7H2. The quantitative estimate of drug-likeness (QED) is 0.654. The zero-order valence-corrected chi connectivity index (χ0v) is 12.0. The summed E-state index contributed by atoms with van der Waals surface area (Å²) in [5.41, 5.74) is 0.934. The van der Waals surface area contributed by atoms with Gasteiger partial charge < -0.3 is 0 Å². The normalized spacial score (nSPS) is 11.4. The zero-order valence-electron chi connectivity index (χ0n) is 10.4. The number of hydrogen-bond acceptors (Lipinski definition) is 5. The van der Waals surface area contributed by atoms with Crippen molar-refractivity contribution in [2.75, 3.05) is 6.54 Å². The molecule has 0 radical (unpaired) electrons. The maximum absolute atomic E-state index is 12.0. The fourth-order valence-corrected chi connectivity index (χ4v) is 3.33. The average molecular weight is 312 g/mol. The van der Waals surface area contributed by atoms with Crippen LogP contribution < -0.4 is 4.72 Å². The van der Waals surface area contributed by atoms with Gasteiger partial charge in [0, 0.05) is 18.7 Å². The minimum atomic E-state index is -3.63. The van der Waals surface area contributed by atoms with Gasteiger partial charge in [0.15, 0.2) is 0 Å². The second-order valence-corrected chi connectivity index (χ2v) is 6.58. The summed E-state index contributed by atoms with van der Waals surface area (Å²) < 4.78 is 26.4. The van der Waals surface area contributed by atoms with Crippen LogP contribution in [0.2, 0.25) is 0 Å². The molecule has 0 aliphatic carbocycles. The van der Waals surface area contributed by atoms with E-state index in [1.807, 2.05) is 16.8 Å². The van der Waals surface area contributed by atoms with Crippen molar-refractivity contribution >= 4 is 27.0 Å². The molecular formula is C12H12N2O4S2. The second-order valence-electron chi connectivity index (χ2n) is 4.03. The largest absolute Gasteiger partial charge is 0.269 e. The van der Waals surface area contributed by atoms with E-state index in [9.17, 15) is 18.5 Å². The van der Waals surface area contributed by atoms with Crippen molar-refractivity contribution in [1.29, 1.82) is 0 Å². The van der Waals surface area contributed by atoms with Crippen molar-refractivity contribution in [1.82, 2.24) is 4.72 Å². The van der Waals surface area contributed by atoms with Crippen LogP contribution in [-0.4, -0.2) is 19.9 Å². The van der Waals surface area contributed by atoms with E-state index in [1.165, 1.54) is 24.3 Å². The van der Waals surface area contributed by atoms with Crippen LogP contribution in [0.25, 0.3) is 0 Å². The minimum absolute atomic E-state index is 0.0217. The Bertz CT molecular complexity index is 679. The average Bonchev–Trinajstić information content (AvgIpc) is 2.92. The topological polar surface area (TPSA) is 89.3 Å². The first kappa shape index (κ1) is 14.6. The molecule has 1 N–H and O–H groups in total. The lowest BCUT2D eigenvalue weighted by atomic mass is 10.2. The first-order valence-corrected chi connectivity index (χ1v) is 8.17. The molecule has 1 aromatic heterocycles. The molecule has 2 aromatic rings. The van der Waals surface area contributed by atoms with Crippen molar-refractivity contribution in [2.24, 2.45) is 0 Å². The SMILES string of the molecule is O=[N+]([O-])c1ccc(S(=O)(=O)NCCc2ccsc2)cc1. The molecule has 0 unspecified atom stereocenters. The molecule has 2 rings (SSSR count). The van der Waals surface area contributed by atoms with Crippen LogP contribution in [0.1, 0.15) is 5.56 Å². The highest BCUT2D eigenvalue weighted by Gasteiger charge is 2.15. The molecule has 6 nitrogen and oxygen atoms in total. The lowest BCUT2D eigenvalue weighted by molar-refractivity contribution is -0.384. The molecule has 0 aliphatic rings. The molecule has 8 heteroatoms. The number of nitro benzene ring substituents is 1. The third kappa shape index (κ3) is 3.62. The Kier molecular flexibility index (Phi) is 4.48. The maximum atomic E-state index is 12.0. The highest BCUT2D eigenvalue weighted by atomic mass is 32.2. The van der Waals surface area contributed by atoms with Gasteiger partial charge in [0.2, 0.25) is 10.0 Å². The van der Waals surface area contributed by atoms with Crippen LogP contribution in [0.4, 0.5) is 5.69 Å². The van der Waals surface area contributed by atoms with Gasteiger partial charge >= 0.3 is 0 Å². The zero-order chi connectivity index (χ0) is 14.6. The summed E-state index contributed by atoms with van der Waals surface area (Å²) in [7, 11) is -3.63. The third-order valence-corrected chi connectivity index (χ3v) is 4.85. The van der Waals surface area contributed by atoms with E-state index >= 15 is 0 Å². The van der Waals surface area contributed by atoms with E-state index in [2.05, 4.69) is 4.72 Å². The number of nitrogens with zero attached hydrogens (tertiary/aromatic N) is 1. The van der Waals surface area contributed by atoms with E-state index in [-0.39, 0.29) is 17.1 Å². The Labute approximate surface area is 120 Å². The van der Waals surface area contributed by atoms with Gasteiger partial charge in [-0.3, -0.25) is 10.1 Å². The summed E-state index contributed by atoms with van der Waals surface area (Å²) in [6.45, 7) is 0.288. The molecule has 0 spiro atoms. The number of thiophene rings is 1. The van der Waals surface area contributed by atoms with Crippen molar-refractivity contribution in [3.8, 4) is 0 Å². The van der Waals surface area contributed by atoms with Crippen molar-refractivity contribution in [2.45, 2.75) is 11.3 Å². The van der Waals surface area contributed by atoms with Gasteiger partial charge in [-0.2, -0.15) is 11.3 Å². The maximum Gasteiger partial charge on any atom is 0.269 e. The van der Waals surface area contributed by atoms with Crippen LogP contribution in [-0.2, 0) is 16.4 Å². The van der Waals surface area contributed by atoms with Crippen molar-refractivity contribution in [3.05, 3.63) is 56.8 Å². The number of rotatable bonds is 6. The summed E-state index contributed by atoms with van der Waals surface area (Å²) in [4.78, 5) is 9.96. The Morgan fingerprint density at radius 3 is 2.45 bits per heavy atom. The number of hydrogen-bond donors (Lipinski definition) is 1. The van der Waals surface area contributed by atoms with E-state index < -0.39 is 14.9 Å². The Balaban J connectivity index is 2.00. The highest BCUT2D eigenvalue weighted by Crippen LogP contribution is 2.15. The number of benzene rings is 1. The van der Waals surface area contributed by atoms with Gasteiger partial charge in [0.1, 0.15) is 0 Å². The molecule has 0 bridgehead atoms. The van der Waals surface area contributed by atoms with Gasteiger partial charge in [-0.15, -0.1) is 0 Å². The molecule has 1 heterocycles. The van der Waals surface area contributed by atoms with Crippen molar-refractivity contribution in [3.63, 3.8) is 0 Å². The molecule has 20 heavy (non-hydrogen) atoms. The summed E-state index contributed by atoms with van der Waals surface area (Å²) in [5.74, 6) is 0. The van der Waals surface area contributed by atoms with E-state index in [4.69, 9.17) is 0 Å². The number of nitrogens with one attached hydrogen (secondary N) is 1. The van der Waals surface area contributed by atoms with E-state index in [0.717, 1.165) is 5.56 Å². The highest BCUT2D eigenvalue weighted by molar-refractivity contribution is 7.89. The first-order chi connectivity index (χ1) is 9.49. The van der Waals surface area contributed by atoms with Gasteiger partial charge in [-0.25, -0.2) is 13.1 Å². The number of non-ortho nitro benzene ring substituents is 1. The monoisotopic (exact) mass is 312 g/mol. The summed E-state index contributed by atoms with van der Waals surface area (Å²) in [6, 6.07) is 6.74. The van der Waals surface area contributed by atoms with Crippen LogP contribution >= 0.6 is 11.3 Å². The smallest absolute Gasteiger partial charge is 0.258 e. The Morgan fingerprint density at radius 1 is 1.20 bits per heavy atom. The number of nitro groups is 1. The van der Waals surface area contributed by atoms with Crippen LogP contribution in [0.5, 0.6) is 0 Å². The molecule has 0 fully saturated rings. The molecule has 106 valence electrons. The minimum Gasteiger partial charge on any atom is -0.258 e. The van der Waals surface area contributed by atoms with Gasteiger partial charge in [0.25, 0.3) is 5.69 Å². The van der Waals surface area contributed by atoms with E-state index in [1.54, 1.807) is 11.3 Å². The van der Waals surface area contributed by atoms with E-state index in [0.29, 0.717) is 6.42 Å². The summed E-state index contributed by atoms with van der Waals surface area (Å²) >= 11 is 1.56. The lowest BCUT2D eigenvalue weighted by Crippen LogP contribution is -2.25. The molecule has 0 atom stereocenters. The van der Waals surface area contributed by atoms with Crippen LogP contribution in [0.15, 0.2) is 46.0 Å². The van der Waals surface area contributed by atoms with Crippen molar-refractivity contribution < 1.29 is 13.3 Å². The molecular weight excluding hydrogens is 300 g/mol. The molecule has 0 amide bonds. The Morgan fingerprint density at radius 2 is 1.90 bits per heavy atom. The molecule has 0 saturated carbocycles. The summed E-state index contributed by atoms with van der Waals surface area (Å²) in [6.07, 6.45) is 0.607. The lowest BCUT2D eigenvalue weighted by Gasteiger charge is -2.05. The number of sulfonamides is 1. The van der Waals surface area contributed by atoms with Gasteiger partial charge in [0.05, 0.1) is 9.82 Å². The molecule has 0 aliphatic heterocycles. The van der Waals surface area contributed by atoms with Crippen LogP contribution in [0, 0.1) is 10.1 Å². The third-order valence-electron chi connectivity index (χ3n) is 2.64. The second kappa shape index (κ2) is 6.12. The van der Waals surface area contributed by atoms with Crippen LogP contribution in [0.3, 0.4) is 0 Å². The summed E-state index contributed by atoms with van der Waals surface area (Å²) in [5, 5.41) is 14.4. The Hall–Kier alpha value is -1.77. The van der Waals surface area contributed by atoms with Gasteiger partial charge in [-0.1, -0.05) is 0 Å².